The summed E-state index contributed by atoms with van der Waals surface area (Å²) < 4.78 is 7.76. The molecule has 1 N–H and O–H groups in total. The number of ether oxygens (including phenoxy) is 1. The average Bonchev–Trinajstić information content (AvgIpc) is 2.61. The molecule has 2 atom stereocenters. The number of benzene rings is 1. The highest BCUT2D eigenvalue weighted by molar-refractivity contribution is 9.10. The van der Waals surface area contributed by atoms with Gasteiger partial charge < -0.3 is 10.1 Å². The van der Waals surface area contributed by atoms with Crippen molar-refractivity contribution < 1.29 is 9.53 Å². The highest BCUT2D eigenvalue weighted by atomic mass is 79.9. The molecule has 1 aliphatic heterocycles. The molecule has 6 nitrogen and oxygen atoms in total. The van der Waals surface area contributed by atoms with Crippen molar-refractivity contribution in [2.24, 2.45) is 0 Å². The first-order valence-corrected chi connectivity index (χ1v) is 9.87. The number of carbonyl (C=O) groups excluding carboxylic acids is 1. The van der Waals surface area contributed by atoms with Crippen LogP contribution in [0.3, 0.4) is 0 Å². The molecule has 3 rings (SSSR count). The van der Waals surface area contributed by atoms with E-state index in [1.807, 2.05) is 6.92 Å². The first-order chi connectivity index (χ1) is 12.5. The number of rotatable bonds is 6. The second-order valence-corrected chi connectivity index (χ2v) is 7.66. The maximum absolute atomic E-state index is 12.6. The van der Waals surface area contributed by atoms with Gasteiger partial charge in [0.15, 0.2) is 5.78 Å². The highest BCUT2D eigenvalue weighted by Gasteiger charge is 2.27. The van der Waals surface area contributed by atoms with Gasteiger partial charge >= 0.3 is 0 Å². The third-order valence-corrected chi connectivity index (χ3v) is 5.76. The van der Waals surface area contributed by atoms with E-state index in [0.717, 1.165) is 19.4 Å². The molecule has 0 spiro atoms. The van der Waals surface area contributed by atoms with Crippen LogP contribution >= 0.6 is 27.5 Å². The van der Waals surface area contributed by atoms with Crippen molar-refractivity contribution in [3.8, 4) is 0 Å². The summed E-state index contributed by atoms with van der Waals surface area (Å²) in [5.74, 6) is -0.0273. The third kappa shape index (κ3) is 4.34. The van der Waals surface area contributed by atoms with E-state index < -0.39 is 0 Å². The number of Topliss-reactive ketones (excluding diaryl/α,β-unsaturated/α-hetero) is 1. The lowest BCUT2D eigenvalue weighted by molar-refractivity contribution is -0.121. The second-order valence-electron chi connectivity index (χ2n) is 6.40. The van der Waals surface area contributed by atoms with Crippen LogP contribution in [0.2, 0.25) is 5.02 Å². The van der Waals surface area contributed by atoms with Gasteiger partial charge in [0.1, 0.15) is 0 Å². The van der Waals surface area contributed by atoms with Gasteiger partial charge in [0.05, 0.1) is 34.9 Å². The molecule has 2 aromatic rings. The topological polar surface area (TPSA) is 73.2 Å². The summed E-state index contributed by atoms with van der Waals surface area (Å²) in [6, 6.07) is 3.26. The van der Waals surface area contributed by atoms with E-state index in [2.05, 4.69) is 26.2 Å². The number of hydrogen-bond donors (Lipinski definition) is 1. The summed E-state index contributed by atoms with van der Waals surface area (Å²) in [5.41, 5.74) is 0.274. The van der Waals surface area contributed by atoms with Crippen LogP contribution in [-0.2, 0) is 16.1 Å². The van der Waals surface area contributed by atoms with Crippen molar-refractivity contribution in [1.82, 2.24) is 14.9 Å². The van der Waals surface area contributed by atoms with E-state index in [1.165, 1.54) is 10.9 Å². The number of nitrogens with zero attached hydrogens (tertiary/aromatic N) is 2. The predicted octanol–water partition coefficient (Wildman–Crippen LogP) is 2.93. The smallest absolute Gasteiger partial charge is 0.261 e. The third-order valence-electron chi connectivity index (χ3n) is 4.56. The van der Waals surface area contributed by atoms with Crippen molar-refractivity contribution >= 4 is 44.2 Å². The summed E-state index contributed by atoms with van der Waals surface area (Å²) in [6.45, 7) is 3.46. The molecule has 140 valence electrons. The number of ketones is 1. The fourth-order valence-electron chi connectivity index (χ4n) is 3.31. The van der Waals surface area contributed by atoms with Gasteiger partial charge in [-0.1, -0.05) is 11.6 Å². The summed E-state index contributed by atoms with van der Waals surface area (Å²) in [4.78, 5) is 29.4. The molecule has 0 aliphatic carbocycles. The highest BCUT2D eigenvalue weighted by Crippen LogP contribution is 2.25. The van der Waals surface area contributed by atoms with Gasteiger partial charge in [-0.15, -0.1) is 0 Å². The van der Waals surface area contributed by atoms with Crippen LogP contribution in [0.25, 0.3) is 10.9 Å². The number of nitrogens with one attached hydrogen (secondary N) is 1. The Balaban J connectivity index is 1.76. The second kappa shape index (κ2) is 8.61. The summed E-state index contributed by atoms with van der Waals surface area (Å²) in [6.07, 6.45) is 3.77. The van der Waals surface area contributed by atoms with E-state index in [-0.39, 0.29) is 30.0 Å². The Kier molecular flexibility index (Phi) is 6.45. The van der Waals surface area contributed by atoms with Crippen LogP contribution in [0.4, 0.5) is 0 Å². The van der Waals surface area contributed by atoms with E-state index in [0.29, 0.717) is 33.4 Å². The molecule has 1 aromatic carbocycles. The number of hydrogen-bond acceptors (Lipinski definition) is 5. The number of halogens is 2. The minimum absolute atomic E-state index is 0.00746. The normalized spacial score (nSPS) is 20.4. The average molecular weight is 443 g/mol. The molecule has 1 fully saturated rings. The Labute approximate surface area is 165 Å². The van der Waals surface area contributed by atoms with Gasteiger partial charge in [0.2, 0.25) is 0 Å². The molecule has 0 amide bonds. The van der Waals surface area contributed by atoms with Gasteiger partial charge in [-0.25, -0.2) is 4.98 Å². The summed E-state index contributed by atoms with van der Waals surface area (Å²) in [7, 11) is 0. The Hall–Kier alpha value is -1.28. The monoisotopic (exact) mass is 441 g/mol. The molecular weight excluding hydrogens is 422 g/mol. The SMILES string of the molecule is CCOC1CCCN[C@@H]1CC(=O)Cn1cnc2cc(Br)c(Cl)cc2c1=O. The maximum Gasteiger partial charge on any atom is 0.261 e. The van der Waals surface area contributed by atoms with Crippen molar-refractivity contribution in [2.45, 2.75) is 44.9 Å². The van der Waals surface area contributed by atoms with Crippen molar-refractivity contribution in [3.05, 3.63) is 38.3 Å². The van der Waals surface area contributed by atoms with Crippen LogP contribution in [0, 0.1) is 0 Å². The minimum Gasteiger partial charge on any atom is -0.377 e. The van der Waals surface area contributed by atoms with Gasteiger partial charge in [0.25, 0.3) is 5.56 Å². The first kappa shape index (κ1) is 19.5. The van der Waals surface area contributed by atoms with Crippen LogP contribution in [-0.4, -0.2) is 40.6 Å². The first-order valence-electron chi connectivity index (χ1n) is 8.70. The molecule has 0 saturated carbocycles. The van der Waals surface area contributed by atoms with Crippen LogP contribution in [0.15, 0.2) is 27.7 Å². The molecule has 1 saturated heterocycles. The number of aromatic nitrogens is 2. The van der Waals surface area contributed by atoms with Crippen molar-refractivity contribution in [3.63, 3.8) is 0 Å². The van der Waals surface area contributed by atoms with E-state index >= 15 is 0 Å². The molecule has 8 heteroatoms. The predicted molar refractivity (Wildman–Crippen MR) is 105 cm³/mol. The number of piperidine rings is 1. The zero-order chi connectivity index (χ0) is 18.7. The Morgan fingerprint density at radius 1 is 1.50 bits per heavy atom. The fourth-order valence-corrected chi connectivity index (χ4v) is 3.80. The molecule has 26 heavy (non-hydrogen) atoms. The van der Waals surface area contributed by atoms with Crippen LogP contribution in [0.5, 0.6) is 0 Å². The van der Waals surface area contributed by atoms with Gasteiger partial charge in [0, 0.05) is 23.5 Å². The molecule has 1 unspecified atom stereocenters. The van der Waals surface area contributed by atoms with Gasteiger partial charge in [-0.3, -0.25) is 14.2 Å². The molecule has 0 bridgehead atoms. The quantitative estimate of drug-likeness (QED) is 0.745. The fraction of sp³-hybridized carbons (Fsp3) is 0.500. The van der Waals surface area contributed by atoms with Crippen molar-refractivity contribution in [1.29, 1.82) is 0 Å². The molecular formula is C18H21BrClN3O3. The summed E-state index contributed by atoms with van der Waals surface area (Å²) in [5, 5.41) is 4.19. The molecule has 1 aromatic heterocycles. The largest absolute Gasteiger partial charge is 0.377 e. The lowest BCUT2D eigenvalue weighted by Gasteiger charge is -2.32. The number of carbonyl (C=O) groups is 1. The van der Waals surface area contributed by atoms with E-state index in [9.17, 15) is 9.59 Å². The lowest BCUT2D eigenvalue weighted by Crippen LogP contribution is -2.47. The Morgan fingerprint density at radius 3 is 3.08 bits per heavy atom. The standard InChI is InChI=1S/C18H21BrClN3O3/c1-2-26-17-4-3-5-21-16(17)6-11(24)9-23-10-22-15-8-13(19)14(20)7-12(15)18(23)25/h7-8,10,16-17,21H,2-6,9H2,1H3/t16-,17?/m1/s1. The Morgan fingerprint density at radius 2 is 2.31 bits per heavy atom. The van der Waals surface area contributed by atoms with Gasteiger partial charge in [-0.2, -0.15) is 0 Å². The van der Waals surface area contributed by atoms with Crippen LogP contribution < -0.4 is 10.9 Å². The lowest BCUT2D eigenvalue weighted by atomic mass is 9.96. The van der Waals surface area contributed by atoms with Gasteiger partial charge in [-0.05, 0) is 54.4 Å². The van der Waals surface area contributed by atoms with E-state index in [4.69, 9.17) is 16.3 Å². The zero-order valence-electron chi connectivity index (χ0n) is 14.5. The number of fused-ring (bicyclic) bond motifs is 1. The molecule has 1 aliphatic rings. The molecule has 2 heterocycles. The molecule has 0 radical (unpaired) electrons. The zero-order valence-corrected chi connectivity index (χ0v) is 16.8. The minimum atomic E-state index is -0.268. The summed E-state index contributed by atoms with van der Waals surface area (Å²) >= 11 is 9.40. The van der Waals surface area contributed by atoms with Crippen LogP contribution in [0.1, 0.15) is 26.2 Å². The Bertz CT molecular complexity index is 869. The van der Waals surface area contributed by atoms with Crippen molar-refractivity contribution in [2.75, 3.05) is 13.2 Å². The van der Waals surface area contributed by atoms with E-state index in [1.54, 1.807) is 12.1 Å². The maximum atomic E-state index is 12.6.